The van der Waals surface area contributed by atoms with Gasteiger partial charge in [-0.3, -0.25) is 4.72 Å². The first kappa shape index (κ1) is 22.2. The molecular weight excluding hydrogens is 446 g/mol. The molecule has 2 N–H and O–H groups in total. The van der Waals surface area contributed by atoms with E-state index in [4.69, 9.17) is 0 Å². The first-order valence-electron chi connectivity index (χ1n) is 10.3. The van der Waals surface area contributed by atoms with E-state index in [0.29, 0.717) is 18.8 Å². The number of piperazine rings is 1. The monoisotopic (exact) mass is 471 g/mol. The predicted octanol–water partition coefficient (Wildman–Crippen LogP) is 4.27. The summed E-state index contributed by atoms with van der Waals surface area (Å²) in [4.78, 5) is 16.0. The van der Waals surface area contributed by atoms with Gasteiger partial charge in [0, 0.05) is 31.4 Å². The summed E-state index contributed by atoms with van der Waals surface area (Å²) >= 11 is 1.11. The van der Waals surface area contributed by atoms with Gasteiger partial charge in [0.1, 0.15) is 4.21 Å². The van der Waals surface area contributed by atoms with Crippen molar-refractivity contribution in [1.29, 1.82) is 0 Å². The Morgan fingerprint density at radius 2 is 1.94 bits per heavy atom. The average Bonchev–Trinajstić information content (AvgIpc) is 3.29. The van der Waals surface area contributed by atoms with Gasteiger partial charge >= 0.3 is 5.97 Å². The van der Waals surface area contributed by atoms with Crippen LogP contribution in [0.25, 0.3) is 0 Å². The van der Waals surface area contributed by atoms with E-state index < -0.39 is 16.0 Å². The predicted molar refractivity (Wildman–Crippen MR) is 129 cm³/mol. The van der Waals surface area contributed by atoms with Crippen LogP contribution in [0.2, 0.25) is 0 Å². The molecule has 1 aromatic heterocycles. The first-order chi connectivity index (χ1) is 15.2. The number of nitrogens with zero attached hydrogens (tertiary/aromatic N) is 2. The molecule has 1 aliphatic heterocycles. The van der Waals surface area contributed by atoms with Crippen molar-refractivity contribution in [3.63, 3.8) is 0 Å². The third-order valence-corrected chi connectivity index (χ3v) is 8.31. The van der Waals surface area contributed by atoms with Crippen molar-refractivity contribution < 1.29 is 18.3 Å². The number of thiophene rings is 1. The molecule has 2 heterocycles. The SMILES string of the molecule is Cc1cccc(N2CCN(c3ccc(C(=O)O)cc3NS(=O)(=O)c3cccs3)CC2C)c1. The minimum atomic E-state index is -3.81. The molecule has 1 unspecified atom stereocenters. The van der Waals surface area contributed by atoms with E-state index in [0.717, 1.165) is 23.6 Å². The molecule has 1 atom stereocenters. The van der Waals surface area contributed by atoms with Crippen molar-refractivity contribution in [2.75, 3.05) is 34.2 Å². The zero-order valence-electron chi connectivity index (χ0n) is 17.9. The highest BCUT2D eigenvalue weighted by Crippen LogP contribution is 2.33. The van der Waals surface area contributed by atoms with Crippen LogP contribution < -0.4 is 14.5 Å². The molecule has 9 heteroatoms. The molecule has 0 aliphatic carbocycles. The Kier molecular flexibility index (Phi) is 6.12. The number of nitrogens with one attached hydrogen (secondary N) is 1. The quantitative estimate of drug-likeness (QED) is 0.558. The topological polar surface area (TPSA) is 89.9 Å². The van der Waals surface area contributed by atoms with Crippen LogP contribution in [0.1, 0.15) is 22.8 Å². The Bertz CT molecular complexity index is 1230. The summed E-state index contributed by atoms with van der Waals surface area (Å²) in [5, 5.41) is 11.1. The molecule has 0 radical (unpaired) electrons. The maximum Gasteiger partial charge on any atom is 0.335 e. The van der Waals surface area contributed by atoms with E-state index in [2.05, 4.69) is 46.6 Å². The van der Waals surface area contributed by atoms with Gasteiger partial charge in [-0.2, -0.15) is 0 Å². The largest absolute Gasteiger partial charge is 0.478 e. The molecule has 168 valence electrons. The average molecular weight is 472 g/mol. The third-order valence-electron chi connectivity index (χ3n) is 5.55. The minimum absolute atomic E-state index is 0.0316. The lowest BCUT2D eigenvalue weighted by Gasteiger charge is -2.43. The fraction of sp³-hybridized carbons (Fsp3) is 0.261. The Morgan fingerprint density at radius 3 is 2.59 bits per heavy atom. The molecule has 3 aromatic rings. The number of anilines is 3. The molecule has 1 fully saturated rings. The van der Waals surface area contributed by atoms with Gasteiger partial charge < -0.3 is 14.9 Å². The number of aromatic carboxylic acids is 1. The summed E-state index contributed by atoms with van der Waals surface area (Å²) in [6, 6.07) is 16.3. The second-order valence-corrected chi connectivity index (χ2v) is 10.8. The van der Waals surface area contributed by atoms with Gasteiger partial charge in [0.15, 0.2) is 0 Å². The van der Waals surface area contributed by atoms with E-state index in [1.54, 1.807) is 17.5 Å². The van der Waals surface area contributed by atoms with Gasteiger partial charge in [-0.15, -0.1) is 11.3 Å². The molecule has 1 aliphatic rings. The zero-order valence-corrected chi connectivity index (χ0v) is 19.5. The highest BCUT2D eigenvalue weighted by Gasteiger charge is 2.27. The van der Waals surface area contributed by atoms with Gasteiger partial charge in [0.05, 0.1) is 16.9 Å². The molecule has 0 amide bonds. The molecule has 2 aromatic carbocycles. The highest BCUT2D eigenvalue weighted by molar-refractivity contribution is 7.94. The van der Waals surface area contributed by atoms with Crippen molar-refractivity contribution in [2.45, 2.75) is 24.1 Å². The van der Waals surface area contributed by atoms with Gasteiger partial charge in [0.2, 0.25) is 0 Å². The third kappa shape index (κ3) is 4.58. The fourth-order valence-electron chi connectivity index (χ4n) is 4.00. The summed E-state index contributed by atoms with van der Waals surface area (Å²) in [7, 11) is -3.81. The van der Waals surface area contributed by atoms with Crippen LogP contribution >= 0.6 is 11.3 Å². The normalized spacial score (nSPS) is 16.8. The number of benzene rings is 2. The van der Waals surface area contributed by atoms with Crippen LogP contribution in [0.4, 0.5) is 17.1 Å². The molecule has 0 spiro atoms. The van der Waals surface area contributed by atoms with Crippen molar-refractivity contribution in [3.05, 3.63) is 71.1 Å². The van der Waals surface area contributed by atoms with Gasteiger partial charge in [-0.1, -0.05) is 18.2 Å². The zero-order chi connectivity index (χ0) is 22.9. The van der Waals surface area contributed by atoms with E-state index in [1.165, 1.54) is 23.8 Å². The number of carbonyl (C=O) groups is 1. The Morgan fingerprint density at radius 1 is 1.12 bits per heavy atom. The number of hydrogen-bond donors (Lipinski definition) is 2. The summed E-state index contributed by atoms with van der Waals surface area (Å²) in [5.41, 5.74) is 3.34. The number of hydrogen-bond acceptors (Lipinski definition) is 6. The van der Waals surface area contributed by atoms with Crippen molar-refractivity contribution in [2.24, 2.45) is 0 Å². The number of carboxylic acids is 1. The van der Waals surface area contributed by atoms with Crippen molar-refractivity contribution in [3.8, 4) is 0 Å². The van der Waals surface area contributed by atoms with Crippen LogP contribution in [0, 0.1) is 6.92 Å². The lowest BCUT2D eigenvalue weighted by atomic mass is 10.1. The molecule has 0 bridgehead atoms. The fourth-order valence-corrected chi connectivity index (χ4v) is 6.06. The van der Waals surface area contributed by atoms with Crippen LogP contribution in [0.5, 0.6) is 0 Å². The van der Waals surface area contributed by atoms with Gasteiger partial charge in [0.25, 0.3) is 10.0 Å². The summed E-state index contributed by atoms with van der Waals surface area (Å²) in [6.45, 7) is 6.32. The molecule has 0 saturated carbocycles. The van der Waals surface area contributed by atoms with E-state index in [1.807, 2.05) is 6.07 Å². The van der Waals surface area contributed by atoms with E-state index >= 15 is 0 Å². The molecule has 32 heavy (non-hydrogen) atoms. The smallest absolute Gasteiger partial charge is 0.335 e. The summed E-state index contributed by atoms with van der Waals surface area (Å²) in [6.07, 6.45) is 0. The van der Waals surface area contributed by atoms with Crippen LogP contribution in [-0.4, -0.2) is 45.2 Å². The Hall–Kier alpha value is -3.04. The molecule has 4 rings (SSSR count). The first-order valence-corrected chi connectivity index (χ1v) is 12.6. The number of sulfonamides is 1. The van der Waals surface area contributed by atoms with E-state index in [9.17, 15) is 18.3 Å². The van der Waals surface area contributed by atoms with Crippen LogP contribution in [-0.2, 0) is 10.0 Å². The highest BCUT2D eigenvalue weighted by atomic mass is 32.2. The minimum Gasteiger partial charge on any atom is -0.478 e. The number of carboxylic acid groups (broad SMARTS) is 1. The molecule has 1 saturated heterocycles. The second kappa shape index (κ2) is 8.84. The van der Waals surface area contributed by atoms with Gasteiger partial charge in [-0.05, 0) is 61.2 Å². The lowest BCUT2D eigenvalue weighted by molar-refractivity contribution is 0.0697. The lowest BCUT2D eigenvalue weighted by Crippen LogP contribution is -2.52. The maximum atomic E-state index is 12.8. The van der Waals surface area contributed by atoms with Crippen LogP contribution in [0.15, 0.2) is 64.2 Å². The standard InChI is InChI=1S/C23H25N3O4S2/c1-16-5-3-6-19(13-16)26-11-10-25(15-17(26)2)21-9-8-18(23(27)28)14-20(21)24-32(29,30)22-7-4-12-31-22/h3-9,12-14,17,24H,10-11,15H2,1-2H3,(H,27,28). The van der Waals surface area contributed by atoms with Gasteiger partial charge in [-0.25, -0.2) is 13.2 Å². The van der Waals surface area contributed by atoms with E-state index in [-0.39, 0.29) is 21.5 Å². The summed E-state index contributed by atoms with van der Waals surface area (Å²) < 4.78 is 28.5. The van der Waals surface area contributed by atoms with Crippen molar-refractivity contribution >= 4 is 44.4 Å². The Labute approximate surface area is 192 Å². The number of aryl methyl sites for hydroxylation is 1. The maximum absolute atomic E-state index is 12.8. The summed E-state index contributed by atoms with van der Waals surface area (Å²) in [5.74, 6) is -1.11. The molecular formula is C23H25N3O4S2. The van der Waals surface area contributed by atoms with Crippen molar-refractivity contribution in [1.82, 2.24) is 0 Å². The van der Waals surface area contributed by atoms with Crippen LogP contribution in [0.3, 0.4) is 0 Å². The second-order valence-electron chi connectivity index (χ2n) is 7.90. The molecule has 7 nitrogen and oxygen atoms in total. The number of rotatable bonds is 6. The Balaban J connectivity index is 1.63.